The molecule has 4 nitrogen and oxygen atoms in total. The Labute approximate surface area is 118 Å². The van der Waals surface area contributed by atoms with Crippen molar-refractivity contribution < 1.29 is 13.5 Å². The Morgan fingerprint density at radius 3 is 2.79 bits per heavy atom. The third-order valence-electron chi connectivity index (χ3n) is 3.16. The van der Waals surface area contributed by atoms with Gasteiger partial charge in [0.1, 0.15) is 4.90 Å². The highest BCUT2D eigenvalue weighted by Gasteiger charge is 2.33. The number of rotatable bonds is 6. The minimum atomic E-state index is -3.61. The van der Waals surface area contributed by atoms with Gasteiger partial charge in [0.15, 0.2) is 0 Å². The van der Waals surface area contributed by atoms with Gasteiger partial charge >= 0.3 is 0 Å². The van der Waals surface area contributed by atoms with Gasteiger partial charge in [-0.15, -0.1) is 17.8 Å². The van der Waals surface area contributed by atoms with Gasteiger partial charge in [-0.25, -0.2) is 8.42 Å². The van der Waals surface area contributed by atoms with Crippen LogP contribution in [0.3, 0.4) is 0 Å². The normalized spacial score (nSPS) is 15.7. The zero-order chi connectivity index (χ0) is 14.0. The van der Waals surface area contributed by atoms with E-state index < -0.39 is 10.0 Å². The van der Waals surface area contributed by atoms with Crippen molar-refractivity contribution in [1.82, 2.24) is 4.31 Å². The molecule has 0 aliphatic heterocycles. The molecule has 104 valence electrons. The minimum absolute atomic E-state index is 0.0823. The molecule has 0 radical (unpaired) electrons. The average Bonchev–Trinajstić information content (AvgIpc) is 3.09. The first kappa shape index (κ1) is 14.5. The molecule has 1 aromatic rings. The van der Waals surface area contributed by atoms with Gasteiger partial charge in [-0.3, -0.25) is 0 Å². The highest BCUT2D eigenvalue weighted by Crippen LogP contribution is 2.34. The Morgan fingerprint density at radius 1 is 1.58 bits per heavy atom. The van der Waals surface area contributed by atoms with E-state index >= 15 is 0 Å². The maximum absolute atomic E-state index is 12.7. The van der Waals surface area contributed by atoms with Crippen molar-refractivity contribution in [2.24, 2.45) is 5.92 Å². The van der Waals surface area contributed by atoms with E-state index in [4.69, 9.17) is 6.42 Å². The maximum Gasteiger partial charge on any atom is 0.245 e. The van der Waals surface area contributed by atoms with Gasteiger partial charge in [0.2, 0.25) is 10.0 Å². The summed E-state index contributed by atoms with van der Waals surface area (Å²) in [7, 11) is -3.61. The predicted octanol–water partition coefficient (Wildman–Crippen LogP) is 1.58. The average molecular weight is 299 g/mol. The maximum atomic E-state index is 12.7. The summed E-state index contributed by atoms with van der Waals surface area (Å²) in [6, 6.07) is 0. The van der Waals surface area contributed by atoms with E-state index in [9.17, 15) is 13.5 Å². The van der Waals surface area contributed by atoms with Crippen molar-refractivity contribution in [3.05, 3.63) is 15.8 Å². The molecule has 0 aromatic carbocycles. The SMILES string of the molecule is C#CCN(CC1CC1)S(=O)(=O)c1c(C)csc1CO. The Kier molecular flexibility index (Phi) is 4.31. The Balaban J connectivity index is 2.37. The van der Waals surface area contributed by atoms with E-state index in [1.165, 1.54) is 15.6 Å². The lowest BCUT2D eigenvalue weighted by molar-refractivity contribution is 0.282. The van der Waals surface area contributed by atoms with Crippen LogP contribution in [-0.4, -0.2) is 30.9 Å². The smallest absolute Gasteiger partial charge is 0.245 e. The number of aryl methyl sites for hydroxylation is 1. The Hall–Kier alpha value is -0.870. The van der Waals surface area contributed by atoms with Gasteiger partial charge in [0.25, 0.3) is 0 Å². The summed E-state index contributed by atoms with van der Waals surface area (Å²) in [4.78, 5) is 0.714. The highest BCUT2D eigenvalue weighted by atomic mass is 32.2. The lowest BCUT2D eigenvalue weighted by Gasteiger charge is -2.20. The van der Waals surface area contributed by atoms with Gasteiger partial charge in [0, 0.05) is 6.54 Å². The molecule has 6 heteroatoms. The molecule has 0 bridgehead atoms. The summed E-state index contributed by atoms with van der Waals surface area (Å²) in [6.07, 6.45) is 7.40. The number of terminal acetylenes is 1. The molecule has 2 rings (SSSR count). The molecule has 0 spiro atoms. The van der Waals surface area contributed by atoms with E-state index in [0.29, 0.717) is 22.9 Å². The van der Waals surface area contributed by atoms with Crippen molar-refractivity contribution >= 4 is 21.4 Å². The number of hydrogen-bond donors (Lipinski definition) is 1. The summed E-state index contributed by atoms with van der Waals surface area (Å²) in [5.74, 6) is 2.84. The predicted molar refractivity (Wildman–Crippen MR) is 75.3 cm³/mol. The molecule has 0 saturated heterocycles. The third-order valence-corrected chi connectivity index (χ3v) is 6.42. The second-order valence-corrected chi connectivity index (χ2v) is 7.61. The lowest BCUT2D eigenvalue weighted by atomic mass is 10.3. The second-order valence-electron chi connectivity index (χ2n) is 4.77. The van der Waals surface area contributed by atoms with Crippen LogP contribution >= 0.6 is 11.3 Å². The van der Waals surface area contributed by atoms with Crippen molar-refractivity contribution in [1.29, 1.82) is 0 Å². The van der Waals surface area contributed by atoms with Crippen LogP contribution in [-0.2, 0) is 16.6 Å². The molecule has 0 unspecified atom stereocenters. The molecule has 0 atom stereocenters. The van der Waals surface area contributed by atoms with Crippen LogP contribution in [0.15, 0.2) is 10.3 Å². The first-order valence-electron chi connectivity index (χ1n) is 6.12. The lowest BCUT2D eigenvalue weighted by Crippen LogP contribution is -2.34. The summed E-state index contributed by atoms with van der Waals surface area (Å²) in [5, 5.41) is 11.0. The quantitative estimate of drug-likeness (QED) is 0.812. The molecule has 1 saturated carbocycles. The van der Waals surface area contributed by atoms with Crippen LogP contribution in [0, 0.1) is 25.2 Å². The monoisotopic (exact) mass is 299 g/mol. The largest absolute Gasteiger partial charge is 0.391 e. The first-order valence-corrected chi connectivity index (χ1v) is 8.44. The number of aliphatic hydroxyl groups excluding tert-OH is 1. The molecule has 1 aliphatic carbocycles. The number of sulfonamides is 1. The van der Waals surface area contributed by atoms with E-state index in [0.717, 1.165) is 12.8 Å². The van der Waals surface area contributed by atoms with Crippen molar-refractivity contribution in [2.75, 3.05) is 13.1 Å². The van der Waals surface area contributed by atoms with E-state index in [2.05, 4.69) is 5.92 Å². The van der Waals surface area contributed by atoms with Gasteiger partial charge in [-0.2, -0.15) is 4.31 Å². The van der Waals surface area contributed by atoms with Gasteiger partial charge < -0.3 is 5.11 Å². The van der Waals surface area contributed by atoms with Crippen LogP contribution < -0.4 is 0 Å². The van der Waals surface area contributed by atoms with Crippen LogP contribution in [0.4, 0.5) is 0 Å². The van der Waals surface area contributed by atoms with E-state index in [-0.39, 0.29) is 18.0 Å². The fraction of sp³-hybridized carbons (Fsp3) is 0.538. The summed E-state index contributed by atoms with van der Waals surface area (Å²) >= 11 is 1.27. The number of aliphatic hydroxyl groups is 1. The molecule has 1 N–H and O–H groups in total. The minimum Gasteiger partial charge on any atom is -0.391 e. The zero-order valence-electron chi connectivity index (χ0n) is 10.8. The van der Waals surface area contributed by atoms with Gasteiger partial charge in [-0.1, -0.05) is 5.92 Å². The number of hydrogen-bond acceptors (Lipinski definition) is 4. The molecule has 19 heavy (non-hydrogen) atoms. The van der Waals surface area contributed by atoms with Crippen molar-refractivity contribution in [3.63, 3.8) is 0 Å². The molecule has 1 aromatic heterocycles. The standard InChI is InChI=1S/C13H17NO3S2/c1-3-6-14(7-11-4-5-11)19(16,17)13-10(2)9-18-12(13)8-15/h1,9,11,15H,4-8H2,2H3. The fourth-order valence-corrected chi connectivity index (χ4v) is 5.05. The summed E-state index contributed by atoms with van der Waals surface area (Å²) in [5.41, 5.74) is 0.673. The Bertz CT molecular complexity index is 594. The van der Waals surface area contributed by atoms with E-state index in [1.54, 1.807) is 12.3 Å². The van der Waals surface area contributed by atoms with Gasteiger partial charge in [0.05, 0.1) is 18.0 Å². The summed E-state index contributed by atoms with van der Waals surface area (Å²) in [6.45, 7) is 2.04. The fourth-order valence-electron chi connectivity index (χ4n) is 2.01. The zero-order valence-corrected chi connectivity index (χ0v) is 12.4. The highest BCUT2D eigenvalue weighted by molar-refractivity contribution is 7.89. The molecular formula is C13H17NO3S2. The second kappa shape index (κ2) is 5.63. The molecule has 1 heterocycles. The van der Waals surface area contributed by atoms with Crippen LogP contribution in [0.5, 0.6) is 0 Å². The first-order chi connectivity index (χ1) is 9.00. The molecule has 1 aliphatic rings. The van der Waals surface area contributed by atoms with Crippen molar-refractivity contribution in [3.8, 4) is 12.3 Å². The van der Waals surface area contributed by atoms with Gasteiger partial charge in [-0.05, 0) is 36.6 Å². The number of thiophene rings is 1. The van der Waals surface area contributed by atoms with Crippen LogP contribution in [0.2, 0.25) is 0 Å². The van der Waals surface area contributed by atoms with Crippen LogP contribution in [0.1, 0.15) is 23.3 Å². The third kappa shape index (κ3) is 3.00. The topological polar surface area (TPSA) is 57.6 Å². The van der Waals surface area contributed by atoms with Crippen molar-refractivity contribution in [2.45, 2.75) is 31.3 Å². The summed E-state index contributed by atoms with van der Waals surface area (Å²) < 4.78 is 26.7. The van der Waals surface area contributed by atoms with E-state index in [1.807, 2.05) is 0 Å². The van der Waals surface area contributed by atoms with Crippen LogP contribution in [0.25, 0.3) is 0 Å². The molecular weight excluding hydrogens is 282 g/mol. The molecule has 0 amide bonds. The molecule has 1 fully saturated rings. The number of nitrogens with zero attached hydrogens (tertiary/aromatic N) is 1. The Morgan fingerprint density at radius 2 is 2.26 bits per heavy atom.